The molecule has 1 spiro atoms. The molecule has 0 saturated carbocycles. The molecule has 0 radical (unpaired) electrons. The molecule has 2 aliphatic heterocycles. The minimum Gasteiger partial charge on any atom is -0.505 e. The summed E-state index contributed by atoms with van der Waals surface area (Å²) >= 11 is 0. The quantitative estimate of drug-likeness (QED) is 0.711. The molecule has 1 aromatic carbocycles. The van der Waals surface area contributed by atoms with E-state index in [2.05, 4.69) is 0 Å². The Labute approximate surface area is 139 Å². The van der Waals surface area contributed by atoms with Gasteiger partial charge in [0.15, 0.2) is 11.6 Å². The van der Waals surface area contributed by atoms with Crippen LogP contribution in [-0.2, 0) is 4.74 Å². The van der Waals surface area contributed by atoms with E-state index < -0.39 is 28.9 Å². The average molecular weight is 339 g/mol. The highest BCUT2D eigenvalue weighted by Crippen LogP contribution is 2.40. The number of aromatic hydroxyl groups is 1. The Hall–Kier alpha value is -1.70. The molecule has 24 heavy (non-hydrogen) atoms. The summed E-state index contributed by atoms with van der Waals surface area (Å²) in [5.74, 6) is -1.64. The Bertz CT molecular complexity index is 640. The van der Waals surface area contributed by atoms with Gasteiger partial charge in [0.1, 0.15) is 11.7 Å². The van der Waals surface area contributed by atoms with Crippen molar-refractivity contribution in [1.82, 2.24) is 4.90 Å². The number of carbonyl (C=O) groups is 1. The van der Waals surface area contributed by atoms with Crippen molar-refractivity contribution in [2.45, 2.75) is 43.5 Å². The monoisotopic (exact) mass is 339 g/mol. The van der Waals surface area contributed by atoms with Crippen LogP contribution < -0.4 is 0 Å². The topological polar surface area (TPSA) is 90.2 Å². The number of aliphatic hydroxyl groups excluding tert-OH is 1. The van der Waals surface area contributed by atoms with Gasteiger partial charge in [0.2, 0.25) is 0 Å². The van der Waals surface area contributed by atoms with Gasteiger partial charge in [-0.15, -0.1) is 0 Å². The van der Waals surface area contributed by atoms with Crippen LogP contribution in [0, 0.1) is 5.82 Å². The molecule has 6 nitrogen and oxygen atoms in total. The van der Waals surface area contributed by atoms with Crippen molar-refractivity contribution >= 4 is 5.91 Å². The molecule has 2 atom stereocenters. The fraction of sp³-hybridized carbons (Fsp3) is 0.588. The van der Waals surface area contributed by atoms with Crippen LogP contribution in [0.1, 0.15) is 36.5 Å². The molecule has 132 valence electrons. The molecule has 1 aromatic rings. The van der Waals surface area contributed by atoms with Gasteiger partial charge in [-0.25, -0.2) is 4.39 Å². The SMILES string of the molecule is C[C@@]1(O)CCOC2(CCN(C(=O)c3ccc(F)c(O)c3)CC2)[C@H]1O. The fourth-order valence-electron chi connectivity index (χ4n) is 3.58. The number of likely N-dealkylation sites (tertiary alicyclic amines) is 1. The van der Waals surface area contributed by atoms with Crippen LogP contribution >= 0.6 is 0 Å². The van der Waals surface area contributed by atoms with E-state index in [0.717, 1.165) is 12.1 Å². The lowest BCUT2D eigenvalue weighted by atomic mass is 9.75. The smallest absolute Gasteiger partial charge is 0.253 e. The Morgan fingerprint density at radius 2 is 2.00 bits per heavy atom. The van der Waals surface area contributed by atoms with E-state index >= 15 is 0 Å². The van der Waals surface area contributed by atoms with E-state index in [4.69, 9.17) is 4.74 Å². The van der Waals surface area contributed by atoms with Crippen molar-refractivity contribution in [1.29, 1.82) is 0 Å². The van der Waals surface area contributed by atoms with Gasteiger partial charge in [-0.05, 0) is 38.0 Å². The predicted octanol–water partition coefficient (Wildman–Crippen LogP) is 1.04. The first kappa shape index (κ1) is 17.1. The van der Waals surface area contributed by atoms with Crippen LogP contribution in [-0.4, -0.2) is 63.1 Å². The highest BCUT2D eigenvalue weighted by atomic mass is 19.1. The number of amides is 1. The van der Waals surface area contributed by atoms with Crippen LogP contribution in [0.5, 0.6) is 5.75 Å². The largest absolute Gasteiger partial charge is 0.505 e. The van der Waals surface area contributed by atoms with Gasteiger partial charge in [0.25, 0.3) is 5.91 Å². The van der Waals surface area contributed by atoms with Crippen molar-refractivity contribution in [2.75, 3.05) is 19.7 Å². The van der Waals surface area contributed by atoms with Crippen LogP contribution in [0.4, 0.5) is 4.39 Å². The number of ether oxygens (including phenoxy) is 1. The van der Waals surface area contributed by atoms with E-state index in [1.807, 2.05) is 0 Å². The van der Waals surface area contributed by atoms with E-state index in [1.54, 1.807) is 11.8 Å². The van der Waals surface area contributed by atoms with Gasteiger partial charge in [-0.3, -0.25) is 4.79 Å². The molecule has 2 heterocycles. The third-order valence-electron chi connectivity index (χ3n) is 5.18. The van der Waals surface area contributed by atoms with Gasteiger partial charge in [-0.1, -0.05) is 0 Å². The predicted molar refractivity (Wildman–Crippen MR) is 83.1 cm³/mol. The van der Waals surface area contributed by atoms with E-state index in [-0.39, 0.29) is 11.5 Å². The molecule has 7 heteroatoms. The maximum atomic E-state index is 13.1. The maximum Gasteiger partial charge on any atom is 0.253 e. The molecule has 0 bridgehead atoms. The Balaban J connectivity index is 1.70. The van der Waals surface area contributed by atoms with E-state index in [0.29, 0.717) is 39.0 Å². The zero-order chi connectivity index (χ0) is 17.5. The lowest BCUT2D eigenvalue weighted by molar-refractivity contribution is -0.244. The lowest BCUT2D eigenvalue weighted by Gasteiger charge is -2.51. The van der Waals surface area contributed by atoms with Crippen molar-refractivity contribution < 1.29 is 29.2 Å². The molecule has 3 N–H and O–H groups in total. The molecule has 2 saturated heterocycles. The molecular formula is C17H22FNO5. The number of benzene rings is 1. The van der Waals surface area contributed by atoms with E-state index in [9.17, 15) is 24.5 Å². The zero-order valence-corrected chi connectivity index (χ0v) is 13.5. The first-order chi connectivity index (χ1) is 11.3. The standard InChI is InChI=1S/C17H22FNO5/c1-16(23)6-9-24-17(15(16)22)4-7-19(8-5-17)14(21)11-2-3-12(18)13(20)10-11/h2-3,10,15,20,22-23H,4-9H2,1H3/t15-,16+/m0/s1. The van der Waals surface area contributed by atoms with Crippen LogP contribution in [0.25, 0.3) is 0 Å². The van der Waals surface area contributed by atoms with Crippen LogP contribution in [0.15, 0.2) is 18.2 Å². The van der Waals surface area contributed by atoms with Crippen LogP contribution in [0.3, 0.4) is 0 Å². The van der Waals surface area contributed by atoms with Crippen molar-refractivity contribution in [3.05, 3.63) is 29.6 Å². The molecule has 2 fully saturated rings. The number of piperidine rings is 1. The summed E-state index contributed by atoms with van der Waals surface area (Å²) in [6.07, 6.45) is 0.172. The van der Waals surface area contributed by atoms with Gasteiger partial charge < -0.3 is 25.0 Å². The molecular weight excluding hydrogens is 317 g/mol. The van der Waals surface area contributed by atoms with Crippen molar-refractivity contribution in [3.8, 4) is 5.75 Å². The van der Waals surface area contributed by atoms with Gasteiger partial charge in [-0.2, -0.15) is 0 Å². The summed E-state index contributed by atoms with van der Waals surface area (Å²) in [5, 5.41) is 30.2. The fourth-order valence-corrected chi connectivity index (χ4v) is 3.58. The molecule has 1 amide bonds. The second-order valence-corrected chi connectivity index (χ2v) is 6.88. The zero-order valence-electron chi connectivity index (χ0n) is 13.5. The molecule has 0 aromatic heterocycles. The normalized spacial score (nSPS) is 29.7. The Morgan fingerprint density at radius 1 is 1.33 bits per heavy atom. The number of hydrogen-bond donors (Lipinski definition) is 3. The maximum absolute atomic E-state index is 13.1. The Morgan fingerprint density at radius 3 is 2.62 bits per heavy atom. The molecule has 0 aliphatic carbocycles. The van der Waals surface area contributed by atoms with Gasteiger partial charge in [0.05, 0.1) is 12.2 Å². The molecule has 2 aliphatic rings. The van der Waals surface area contributed by atoms with E-state index in [1.165, 1.54) is 6.07 Å². The number of phenols is 1. The number of carbonyl (C=O) groups excluding carboxylic acids is 1. The summed E-state index contributed by atoms with van der Waals surface area (Å²) in [4.78, 5) is 14.1. The van der Waals surface area contributed by atoms with Crippen LogP contribution in [0.2, 0.25) is 0 Å². The Kier molecular flexibility index (Phi) is 4.27. The second-order valence-electron chi connectivity index (χ2n) is 6.88. The summed E-state index contributed by atoms with van der Waals surface area (Å²) in [5.41, 5.74) is -1.83. The van der Waals surface area contributed by atoms with Gasteiger partial charge in [0, 0.05) is 25.1 Å². The van der Waals surface area contributed by atoms with Gasteiger partial charge >= 0.3 is 0 Å². The average Bonchev–Trinajstić information content (AvgIpc) is 2.55. The summed E-state index contributed by atoms with van der Waals surface area (Å²) in [7, 11) is 0. The van der Waals surface area contributed by atoms with Crippen molar-refractivity contribution in [2.24, 2.45) is 0 Å². The summed E-state index contributed by atoms with van der Waals surface area (Å²) in [6, 6.07) is 3.50. The minimum absolute atomic E-state index is 0.210. The summed E-state index contributed by atoms with van der Waals surface area (Å²) < 4.78 is 18.9. The number of halogens is 1. The molecule has 3 rings (SSSR count). The minimum atomic E-state index is -1.20. The number of rotatable bonds is 1. The number of nitrogens with zero attached hydrogens (tertiary/aromatic N) is 1. The highest BCUT2D eigenvalue weighted by molar-refractivity contribution is 5.94. The third kappa shape index (κ3) is 2.87. The summed E-state index contributed by atoms with van der Waals surface area (Å²) in [6.45, 7) is 2.67. The third-order valence-corrected chi connectivity index (χ3v) is 5.18. The first-order valence-corrected chi connectivity index (χ1v) is 8.07. The number of hydrogen-bond acceptors (Lipinski definition) is 5. The number of phenolic OH excluding ortho intramolecular Hbond substituents is 1. The highest BCUT2D eigenvalue weighted by Gasteiger charge is 2.52. The first-order valence-electron chi connectivity index (χ1n) is 8.07. The second kappa shape index (κ2) is 5.98. The van der Waals surface area contributed by atoms with Crippen molar-refractivity contribution in [3.63, 3.8) is 0 Å². The molecule has 0 unspecified atom stereocenters. The lowest BCUT2D eigenvalue weighted by Crippen LogP contribution is -2.64. The number of aliphatic hydroxyl groups is 2.